The van der Waals surface area contributed by atoms with Gasteiger partial charge in [0.25, 0.3) is 5.92 Å². The normalized spacial score (nSPS) is 21.4. The Morgan fingerprint density at radius 2 is 2.00 bits per heavy atom. The lowest BCUT2D eigenvalue weighted by atomic mass is 9.96. The number of rotatable bonds is 0. The minimum absolute atomic E-state index is 0.0642. The van der Waals surface area contributed by atoms with Crippen LogP contribution in [0.1, 0.15) is 17.2 Å². The molecule has 1 aliphatic rings. The van der Waals surface area contributed by atoms with E-state index in [1.54, 1.807) is 0 Å². The highest BCUT2D eigenvalue weighted by Gasteiger charge is 2.46. The minimum Gasteiger partial charge on any atom is -0.382 e. The second-order valence-electron chi connectivity index (χ2n) is 4.57. The van der Waals surface area contributed by atoms with Gasteiger partial charge < -0.3 is 9.67 Å². The van der Waals surface area contributed by atoms with Crippen molar-refractivity contribution in [1.29, 1.82) is 5.41 Å². The van der Waals surface area contributed by atoms with Crippen LogP contribution in [0.5, 0.6) is 0 Å². The molecule has 1 aromatic carbocycles. The number of aromatic nitrogens is 1. The van der Waals surface area contributed by atoms with Gasteiger partial charge >= 0.3 is 6.18 Å². The van der Waals surface area contributed by atoms with Crippen molar-refractivity contribution in [2.45, 2.75) is 24.7 Å². The van der Waals surface area contributed by atoms with Crippen LogP contribution < -0.4 is 4.80 Å². The molecular formula is C11H7F5N2OS. The van der Waals surface area contributed by atoms with Gasteiger partial charge in [-0.15, -0.1) is 0 Å². The molecule has 3 rings (SSSR count). The van der Waals surface area contributed by atoms with Gasteiger partial charge in [-0.3, -0.25) is 5.41 Å². The predicted molar refractivity (Wildman–Crippen MR) is 60.6 cm³/mol. The molecule has 1 aromatic heterocycles. The first-order chi connectivity index (χ1) is 9.11. The van der Waals surface area contributed by atoms with Crippen LogP contribution in [-0.2, 0) is 12.7 Å². The van der Waals surface area contributed by atoms with Gasteiger partial charge in [-0.2, -0.15) is 13.2 Å². The van der Waals surface area contributed by atoms with Crippen LogP contribution >= 0.6 is 11.3 Å². The lowest BCUT2D eigenvalue weighted by molar-refractivity contribution is -0.139. The zero-order valence-corrected chi connectivity index (χ0v) is 10.4. The second kappa shape index (κ2) is 3.79. The fourth-order valence-electron chi connectivity index (χ4n) is 2.30. The largest absolute Gasteiger partial charge is 0.416 e. The number of benzene rings is 1. The van der Waals surface area contributed by atoms with Crippen molar-refractivity contribution < 1.29 is 27.1 Å². The Kier molecular flexibility index (Phi) is 2.56. The number of halogens is 5. The number of thiazole rings is 1. The fourth-order valence-corrected chi connectivity index (χ4v) is 3.29. The fraction of sp³-hybridized carbons (Fsp3) is 0.364. The monoisotopic (exact) mass is 310 g/mol. The smallest absolute Gasteiger partial charge is 0.382 e. The van der Waals surface area contributed by atoms with E-state index in [1.807, 2.05) is 0 Å². The van der Waals surface area contributed by atoms with E-state index < -0.39 is 35.9 Å². The van der Waals surface area contributed by atoms with E-state index >= 15 is 0 Å². The molecule has 0 saturated heterocycles. The summed E-state index contributed by atoms with van der Waals surface area (Å²) < 4.78 is 66.6. The van der Waals surface area contributed by atoms with Crippen molar-refractivity contribution in [2.24, 2.45) is 0 Å². The third kappa shape index (κ3) is 1.76. The van der Waals surface area contributed by atoms with Crippen molar-refractivity contribution in [2.75, 3.05) is 0 Å². The number of aliphatic hydroxyl groups excluding tert-OH is 1. The maximum atomic E-state index is 13.7. The van der Waals surface area contributed by atoms with Crippen LogP contribution in [0.3, 0.4) is 0 Å². The van der Waals surface area contributed by atoms with E-state index in [0.29, 0.717) is 17.4 Å². The predicted octanol–water partition coefficient (Wildman–Crippen LogP) is 2.88. The van der Waals surface area contributed by atoms with Crippen LogP contribution in [-0.4, -0.2) is 15.6 Å². The Hall–Kier alpha value is -1.48. The maximum absolute atomic E-state index is 13.7. The molecular weight excluding hydrogens is 303 g/mol. The molecule has 20 heavy (non-hydrogen) atoms. The highest BCUT2D eigenvalue weighted by Crippen LogP contribution is 2.44. The molecule has 0 aliphatic carbocycles. The van der Waals surface area contributed by atoms with Crippen LogP contribution in [0.25, 0.3) is 10.2 Å². The highest BCUT2D eigenvalue weighted by molar-refractivity contribution is 7.16. The minimum atomic E-state index is -4.70. The summed E-state index contributed by atoms with van der Waals surface area (Å²) in [5.41, 5.74) is -1.52. The Balaban J connectivity index is 2.41. The van der Waals surface area contributed by atoms with Crippen LogP contribution in [0, 0.1) is 5.41 Å². The van der Waals surface area contributed by atoms with E-state index in [4.69, 9.17) is 5.41 Å². The molecule has 0 fully saturated rings. The molecule has 3 nitrogen and oxygen atoms in total. The topological polar surface area (TPSA) is 49.0 Å². The summed E-state index contributed by atoms with van der Waals surface area (Å²) in [6, 6.07) is 1.34. The van der Waals surface area contributed by atoms with Crippen molar-refractivity contribution >= 4 is 21.6 Å². The molecule has 0 unspecified atom stereocenters. The summed E-state index contributed by atoms with van der Waals surface area (Å²) in [5.74, 6) is -3.61. The lowest BCUT2D eigenvalue weighted by Crippen LogP contribution is -2.38. The summed E-state index contributed by atoms with van der Waals surface area (Å²) in [6.07, 6.45) is -7.00. The van der Waals surface area contributed by atoms with E-state index in [-0.39, 0.29) is 15.0 Å². The summed E-state index contributed by atoms with van der Waals surface area (Å²) in [7, 11) is 0. The summed E-state index contributed by atoms with van der Waals surface area (Å²) in [5, 5.41) is 17.2. The van der Waals surface area contributed by atoms with Crippen LogP contribution in [0.4, 0.5) is 22.0 Å². The van der Waals surface area contributed by atoms with Crippen molar-refractivity contribution in [1.82, 2.24) is 4.57 Å². The average Bonchev–Trinajstić information content (AvgIpc) is 2.61. The zero-order chi connectivity index (χ0) is 14.9. The Morgan fingerprint density at radius 1 is 1.35 bits per heavy atom. The molecule has 1 atom stereocenters. The summed E-state index contributed by atoms with van der Waals surface area (Å²) >= 11 is 0.676. The van der Waals surface area contributed by atoms with Crippen LogP contribution in [0.15, 0.2) is 12.1 Å². The van der Waals surface area contributed by atoms with Gasteiger partial charge in [0.05, 0.1) is 22.3 Å². The molecule has 2 heterocycles. The molecule has 0 bridgehead atoms. The van der Waals surface area contributed by atoms with Gasteiger partial charge in [0.1, 0.15) is 6.10 Å². The van der Waals surface area contributed by atoms with Gasteiger partial charge in [-0.25, -0.2) is 8.78 Å². The van der Waals surface area contributed by atoms with Crippen LogP contribution in [0.2, 0.25) is 0 Å². The van der Waals surface area contributed by atoms with Gasteiger partial charge in [-0.1, -0.05) is 11.3 Å². The van der Waals surface area contributed by atoms with Crippen molar-refractivity contribution in [3.63, 3.8) is 0 Å². The second-order valence-corrected chi connectivity index (χ2v) is 5.60. The highest BCUT2D eigenvalue weighted by atomic mass is 32.1. The van der Waals surface area contributed by atoms with E-state index in [2.05, 4.69) is 0 Å². The number of aliphatic hydroxyl groups is 1. The quantitative estimate of drug-likeness (QED) is 0.722. The van der Waals surface area contributed by atoms with Crippen molar-refractivity contribution in [3.8, 4) is 0 Å². The molecule has 0 radical (unpaired) electrons. The SMILES string of the molecule is N=c1sc2cc(C(F)(F)F)cc3c2n1CC(F)(F)[C@@H]3O. The van der Waals surface area contributed by atoms with Crippen molar-refractivity contribution in [3.05, 3.63) is 28.1 Å². The standard InChI is InChI=1S/C11H7F5N2OS/c12-10(13)3-18-7-5(8(10)19)1-4(11(14,15)16)2-6(7)20-9(18)17/h1-2,8,17,19H,3H2/t8-/m1/s1. The first-order valence-corrected chi connectivity index (χ1v) is 6.28. The van der Waals surface area contributed by atoms with Gasteiger partial charge in [-0.05, 0) is 12.1 Å². The van der Waals surface area contributed by atoms with E-state index in [1.165, 1.54) is 0 Å². The lowest BCUT2D eigenvalue weighted by Gasteiger charge is -2.29. The maximum Gasteiger partial charge on any atom is 0.416 e. The first kappa shape index (κ1) is 13.5. The summed E-state index contributed by atoms with van der Waals surface area (Å²) in [4.78, 5) is -0.271. The molecule has 1 aliphatic heterocycles. The molecule has 2 N–H and O–H groups in total. The molecule has 0 amide bonds. The molecule has 9 heteroatoms. The van der Waals surface area contributed by atoms with Gasteiger partial charge in [0.2, 0.25) is 0 Å². The Labute approximate surface area is 112 Å². The third-order valence-corrected chi connectivity index (χ3v) is 4.16. The van der Waals surface area contributed by atoms with Gasteiger partial charge in [0.15, 0.2) is 4.80 Å². The number of hydrogen-bond donors (Lipinski definition) is 2. The molecule has 108 valence electrons. The Morgan fingerprint density at radius 3 is 2.60 bits per heavy atom. The Bertz CT molecular complexity index is 760. The summed E-state index contributed by atoms with van der Waals surface area (Å²) in [6.45, 7) is -0.911. The van der Waals surface area contributed by atoms with E-state index in [0.717, 1.165) is 10.6 Å². The third-order valence-electron chi connectivity index (χ3n) is 3.22. The average molecular weight is 310 g/mol. The van der Waals surface area contributed by atoms with E-state index in [9.17, 15) is 27.1 Å². The molecule has 0 saturated carbocycles. The molecule has 0 spiro atoms. The molecule has 2 aromatic rings. The zero-order valence-electron chi connectivity index (χ0n) is 9.63. The number of alkyl halides is 5. The number of hydrogen-bond acceptors (Lipinski definition) is 3. The number of nitrogens with one attached hydrogen (secondary N) is 1. The van der Waals surface area contributed by atoms with Gasteiger partial charge in [0, 0.05) is 5.56 Å². The first-order valence-electron chi connectivity index (χ1n) is 5.46. The number of nitrogens with zero attached hydrogens (tertiary/aromatic N) is 1.